The van der Waals surface area contributed by atoms with Gasteiger partial charge in [-0.1, -0.05) is 0 Å². The van der Waals surface area contributed by atoms with E-state index in [2.05, 4.69) is 5.73 Å². The SMILES string of the molecule is C1=C[CH]SC=1.[Br-].[Zn]. The molecule has 3 heteroatoms. The topological polar surface area (TPSA) is 0 Å². The summed E-state index contributed by atoms with van der Waals surface area (Å²) in [5.74, 6) is 1.99. The molecule has 0 bridgehead atoms. The van der Waals surface area contributed by atoms with Crippen LogP contribution >= 0.6 is 11.8 Å². The zero-order chi connectivity index (χ0) is 3.54. The molecule has 0 saturated heterocycles. The fourth-order valence-electron chi connectivity index (χ4n) is 0.196. The summed E-state index contributed by atoms with van der Waals surface area (Å²) < 4.78 is 0. The maximum Gasteiger partial charge on any atom is 0.0512 e. The van der Waals surface area contributed by atoms with Crippen molar-refractivity contribution in [2.75, 3.05) is 0 Å². The summed E-state index contributed by atoms with van der Waals surface area (Å²) in [5.41, 5.74) is 2.88. The zero-order valence-corrected chi connectivity index (χ0v) is 9.09. The Kier molecular flexibility index (Phi) is 10.8. The van der Waals surface area contributed by atoms with E-state index in [1.54, 1.807) is 11.8 Å². The van der Waals surface area contributed by atoms with Gasteiger partial charge in [-0.3, -0.25) is 0 Å². The summed E-state index contributed by atoms with van der Waals surface area (Å²) in [4.78, 5) is 0. The van der Waals surface area contributed by atoms with Crippen LogP contribution in [0.4, 0.5) is 0 Å². The van der Waals surface area contributed by atoms with Gasteiger partial charge in [0.25, 0.3) is 0 Å². The van der Waals surface area contributed by atoms with Gasteiger partial charge in [-0.05, 0) is 6.08 Å². The molecule has 0 N–H and O–H groups in total. The molecule has 0 nitrogen and oxygen atoms in total. The molecule has 1 aliphatic heterocycles. The molecule has 1 radical (unpaired) electrons. The van der Waals surface area contributed by atoms with Crippen LogP contribution in [-0.4, -0.2) is 0 Å². The molecule has 1 heterocycles. The molecule has 0 aromatic rings. The Bertz CT molecular complexity index is 77.7. The van der Waals surface area contributed by atoms with Crippen molar-refractivity contribution in [1.82, 2.24) is 0 Å². The first-order valence-electron chi connectivity index (χ1n) is 1.38. The quantitative estimate of drug-likeness (QED) is 0.362. The maximum absolute atomic E-state index is 2.88. The van der Waals surface area contributed by atoms with Crippen molar-refractivity contribution in [2.24, 2.45) is 0 Å². The zero-order valence-electron chi connectivity index (χ0n) is 3.73. The normalized spacial score (nSPS) is 12.6. The molecular formula is C4H3BrSZn-. The van der Waals surface area contributed by atoms with Gasteiger partial charge in [0, 0.05) is 24.9 Å². The van der Waals surface area contributed by atoms with Crippen molar-refractivity contribution in [2.45, 2.75) is 0 Å². The number of halogens is 1. The van der Waals surface area contributed by atoms with Crippen LogP contribution in [0, 0.1) is 5.75 Å². The van der Waals surface area contributed by atoms with Crippen LogP contribution in [0.2, 0.25) is 0 Å². The van der Waals surface area contributed by atoms with Crippen molar-refractivity contribution in [1.29, 1.82) is 0 Å². The molecule has 0 spiro atoms. The Hall–Kier alpha value is 0.973. The van der Waals surface area contributed by atoms with Crippen molar-refractivity contribution in [3.63, 3.8) is 0 Å². The Labute approximate surface area is 71.0 Å². The van der Waals surface area contributed by atoms with Gasteiger partial charge in [-0.15, -0.1) is 17.5 Å². The van der Waals surface area contributed by atoms with Crippen LogP contribution < -0.4 is 17.0 Å². The molecular weight excluding hydrogens is 225 g/mol. The predicted octanol–water partition coefficient (Wildman–Crippen LogP) is -1.43. The van der Waals surface area contributed by atoms with Gasteiger partial charge in [-0.2, -0.15) is 0 Å². The van der Waals surface area contributed by atoms with E-state index in [1.807, 2.05) is 17.2 Å². The van der Waals surface area contributed by atoms with E-state index in [4.69, 9.17) is 0 Å². The third-order valence-electron chi connectivity index (χ3n) is 0.379. The van der Waals surface area contributed by atoms with E-state index in [0.717, 1.165) is 0 Å². The van der Waals surface area contributed by atoms with E-state index in [0.29, 0.717) is 0 Å². The Morgan fingerprint density at radius 1 is 1.43 bits per heavy atom. The standard InChI is InChI=1S/C4H3S.BrH.Zn/c1-2-4-5-3-1;;/h1,3-4H;1H;/p-1. The molecule has 0 unspecified atom stereocenters. The fourth-order valence-corrected chi connectivity index (χ4v) is 0.589. The van der Waals surface area contributed by atoms with E-state index < -0.39 is 0 Å². The van der Waals surface area contributed by atoms with Crippen LogP contribution in [0.15, 0.2) is 17.2 Å². The summed E-state index contributed by atoms with van der Waals surface area (Å²) in [6, 6.07) is 0. The molecule has 0 saturated carbocycles. The molecule has 1 rings (SSSR count). The average molecular weight is 228 g/mol. The van der Waals surface area contributed by atoms with E-state index in [-0.39, 0.29) is 36.5 Å². The van der Waals surface area contributed by atoms with E-state index in [1.165, 1.54) is 0 Å². The summed E-state index contributed by atoms with van der Waals surface area (Å²) in [6.07, 6.45) is 1.89. The summed E-state index contributed by atoms with van der Waals surface area (Å²) >= 11 is 1.66. The third-order valence-corrected chi connectivity index (χ3v) is 0.944. The van der Waals surface area contributed by atoms with Gasteiger partial charge < -0.3 is 17.0 Å². The predicted molar refractivity (Wildman–Crippen MR) is 24.5 cm³/mol. The Morgan fingerprint density at radius 3 is 2.29 bits per heavy atom. The summed E-state index contributed by atoms with van der Waals surface area (Å²) in [6.45, 7) is 0. The largest absolute Gasteiger partial charge is 1.00 e. The van der Waals surface area contributed by atoms with Crippen LogP contribution in [0.3, 0.4) is 0 Å². The Balaban J connectivity index is 0. The van der Waals surface area contributed by atoms with E-state index >= 15 is 0 Å². The maximum atomic E-state index is 2.88. The summed E-state index contributed by atoms with van der Waals surface area (Å²) in [5, 5.41) is 1.92. The minimum atomic E-state index is 0. The second-order valence-corrected chi connectivity index (χ2v) is 1.50. The number of rotatable bonds is 0. The second-order valence-electron chi connectivity index (χ2n) is 0.723. The van der Waals surface area contributed by atoms with Crippen molar-refractivity contribution in [3.05, 3.63) is 23.0 Å². The first kappa shape index (κ1) is 10.9. The van der Waals surface area contributed by atoms with Gasteiger partial charge in [-0.25, -0.2) is 0 Å². The van der Waals surface area contributed by atoms with Gasteiger partial charge in [0.1, 0.15) is 0 Å². The van der Waals surface area contributed by atoms with Gasteiger partial charge in [0.05, 0.1) is 5.75 Å². The number of hydrogen-bond acceptors (Lipinski definition) is 1. The first-order chi connectivity index (χ1) is 2.50. The molecule has 0 fully saturated rings. The molecule has 0 aromatic heterocycles. The molecule has 0 aromatic carbocycles. The van der Waals surface area contributed by atoms with Crippen LogP contribution in [0.1, 0.15) is 0 Å². The van der Waals surface area contributed by atoms with Crippen molar-refractivity contribution >= 4 is 11.8 Å². The van der Waals surface area contributed by atoms with Gasteiger partial charge in [0.2, 0.25) is 0 Å². The molecule has 0 aliphatic carbocycles. The smallest absolute Gasteiger partial charge is 0.0512 e. The number of hydrogen-bond donors (Lipinski definition) is 0. The average Bonchev–Trinajstić information content (AvgIpc) is 1.76. The van der Waals surface area contributed by atoms with Crippen LogP contribution in [-0.2, 0) is 19.5 Å². The third kappa shape index (κ3) is 4.83. The number of thioether (sulfide) groups is 1. The van der Waals surface area contributed by atoms with Crippen molar-refractivity contribution < 1.29 is 36.5 Å². The molecule has 1 aliphatic rings. The minimum absolute atomic E-state index is 0. The van der Waals surface area contributed by atoms with E-state index in [9.17, 15) is 0 Å². The van der Waals surface area contributed by atoms with Gasteiger partial charge >= 0.3 is 0 Å². The minimum Gasteiger partial charge on any atom is -1.00 e. The van der Waals surface area contributed by atoms with Crippen molar-refractivity contribution in [3.8, 4) is 0 Å². The molecule has 0 atom stereocenters. The summed E-state index contributed by atoms with van der Waals surface area (Å²) in [7, 11) is 0. The fraction of sp³-hybridized carbons (Fsp3) is 0. The monoisotopic (exact) mass is 226 g/mol. The van der Waals surface area contributed by atoms with Crippen LogP contribution in [0.5, 0.6) is 0 Å². The van der Waals surface area contributed by atoms with Gasteiger partial charge in [0.15, 0.2) is 0 Å². The second kappa shape index (κ2) is 6.97. The first-order valence-corrected chi connectivity index (χ1v) is 2.32. The van der Waals surface area contributed by atoms with Crippen LogP contribution in [0.25, 0.3) is 0 Å². The molecule has 35 valence electrons. The molecule has 7 heavy (non-hydrogen) atoms. The Morgan fingerprint density at radius 2 is 2.14 bits per heavy atom. The molecule has 0 amide bonds.